The van der Waals surface area contributed by atoms with Crippen LogP contribution in [0.1, 0.15) is 0 Å². The normalized spacial score (nSPS) is 11.9. The van der Waals surface area contributed by atoms with Crippen LogP contribution in [-0.2, 0) is 0 Å². The zero-order valence-electron chi connectivity index (χ0n) is 27.0. The van der Waals surface area contributed by atoms with E-state index in [-0.39, 0.29) is 0 Å². The molecular weight excluding hydrogens is 663 g/mol. The highest BCUT2D eigenvalue weighted by Gasteiger charge is 2.20. The molecule has 0 saturated carbocycles. The average molecular weight is 688 g/mol. The van der Waals surface area contributed by atoms with Crippen LogP contribution in [0.15, 0.2) is 156 Å². The summed E-state index contributed by atoms with van der Waals surface area (Å²) in [6.07, 6.45) is 0. The fraction of sp³-hybridized carbons (Fsp3) is 0. The molecule has 0 radical (unpaired) electrons. The predicted octanol–water partition coefficient (Wildman–Crippen LogP) is 13.2. The highest BCUT2D eigenvalue weighted by atomic mass is 32.1. The van der Waals surface area contributed by atoms with Crippen LogP contribution in [0.25, 0.3) is 108 Å². The van der Waals surface area contributed by atoms with E-state index in [1.807, 2.05) is 83.3 Å². The highest BCUT2D eigenvalue weighted by Crippen LogP contribution is 2.46. The minimum Gasteiger partial charge on any atom is -0.455 e. The van der Waals surface area contributed by atoms with Gasteiger partial charge in [0.05, 0.1) is 5.56 Å². The quantitative estimate of drug-likeness (QED) is 0.185. The first-order valence-corrected chi connectivity index (χ1v) is 18.5. The van der Waals surface area contributed by atoms with Crippen molar-refractivity contribution in [3.63, 3.8) is 0 Å². The Labute approximate surface area is 299 Å². The molecule has 4 aromatic heterocycles. The molecule has 7 aromatic carbocycles. The fourth-order valence-corrected chi connectivity index (χ4v) is 9.76. The van der Waals surface area contributed by atoms with Crippen molar-refractivity contribution in [3.8, 4) is 45.3 Å². The lowest BCUT2D eigenvalue weighted by Crippen LogP contribution is -2.00. The van der Waals surface area contributed by atoms with Gasteiger partial charge in [0.25, 0.3) is 0 Å². The van der Waals surface area contributed by atoms with Gasteiger partial charge in [-0.3, -0.25) is 0 Å². The SMILES string of the molecule is c1ccc(-c2nc(-c3ccc4sc5cccc(-c6cccc7c6sc6ccccc67)c5c4c3)nc(-c3cccc4c3oc3ccccc34)n2)cc1. The van der Waals surface area contributed by atoms with Crippen LogP contribution < -0.4 is 0 Å². The Hall–Kier alpha value is -6.21. The maximum atomic E-state index is 6.43. The van der Waals surface area contributed by atoms with Crippen LogP contribution >= 0.6 is 22.7 Å². The van der Waals surface area contributed by atoms with E-state index in [4.69, 9.17) is 19.4 Å². The molecule has 0 spiro atoms. The number of rotatable bonds is 4. The Morgan fingerprint density at radius 2 is 1.04 bits per heavy atom. The van der Waals surface area contributed by atoms with E-state index in [1.165, 1.54) is 51.5 Å². The molecule has 0 saturated heterocycles. The Morgan fingerprint density at radius 1 is 0.392 bits per heavy atom. The molecule has 4 heterocycles. The number of para-hydroxylation sites is 2. The van der Waals surface area contributed by atoms with Crippen molar-refractivity contribution < 1.29 is 4.42 Å². The van der Waals surface area contributed by atoms with E-state index in [0.29, 0.717) is 17.5 Å². The smallest absolute Gasteiger partial charge is 0.167 e. The molecule has 0 fully saturated rings. The Balaban J connectivity index is 1.14. The van der Waals surface area contributed by atoms with Crippen molar-refractivity contribution in [1.29, 1.82) is 0 Å². The number of benzene rings is 7. The van der Waals surface area contributed by atoms with Crippen molar-refractivity contribution in [1.82, 2.24) is 15.0 Å². The summed E-state index contributed by atoms with van der Waals surface area (Å²) in [4.78, 5) is 15.3. The molecule has 4 nitrogen and oxygen atoms in total. The second-order valence-corrected chi connectivity index (χ2v) is 14.9. The van der Waals surface area contributed by atoms with Gasteiger partial charge < -0.3 is 4.42 Å². The first kappa shape index (κ1) is 28.6. The lowest BCUT2D eigenvalue weighted by Gasteiger charge is -2.10. The second-order valence-electron chi connectivity index (χ2n) is 12.7. The largest absolute Gasteiger partial charge is 0.455 e. The van der Waals surface area contributed by atoms with Crippen LogP contribution in [-0.4, -0.2) is 15.0 Å². The van der Waals surface area contributed by atoms with E-state index in [9.17, 15) is 0 Å². The molecule has 0 N–H and O–H groups in total. The molecule has 238 valence electrons. The molecule has 11 rings (SSSR count). The van der Waals surface area contributed by atoms with Gasteiger partial charge in [-0.25, -0.2) is 15.0 Å². The summed E-state index contributed by atoms with van der Waals surface area (Å²) in [6.45, 7) is 0. The van der Waals surface area contributed by atoms with Crippen LogP contribution in [0.3, 0.4) is 0 Å². The van der Waals surface area contributed by atoms with Crippen molar-refractivity contribution in [2.24, 2.45) is 0 Å². The van der Waals surface area contributed by atoms with Gasteiger partial charge in [-0.1, -0.05) is 109 Å². The molecule has 0 atom stereocenters. The first-order chi connectivity index (χ1) is 25.3. The van der Waals surface area contributed by atoms with Gasteiger partial charge in [-0.05, 0) is 48.0 Å². The van der Waals surface area contributed by atoms with Crippen molar-refractivity contribution >= 4 is 85.0 Å². The number of fused-ring (bicyclic) bond motifs is 9. The third-order valence-electron chi connectivity index (χ3n) is 9.76. The zero-order valence-corrected chi connectivity index (χ0v) is 28.6. The molecule has 0 aliphatic rings. The molecule has 6 heteroatoms. The van der Waals surface area contributed by atoms with Gasteiger partial charge in [0.1, 0.15) is 11.2 Å². The standard InChI is InChI=1S/C45H25N3OS2/c1-2-11-26(12-3-1)43-46-44(48-45(47-43)34-19-8-16-31-28-13-4-6-20-36(28)49-41(31)34)27-23-24-38-35(25-27)40-30(15-10-22-39(40)50-38)33-18-9-17-32-29-14-5-7-21-37(29)51-42(32)33/h1-25H. The molecular formula is C45H25N3OS2. The van der Waals surface area contributed by atoms with Crippen molar-refractivity contribution in [3.05, 3.63) is 152 Å². The van der Waals surface area contributed by atoms with Gasteiger partial charge in [0.2, 0.25) is 0 Å². The predicted molar refractivity (Wildman–Crippen MR) is 215 cm³/mol. The minimum atomic E-state index is 0.580. The lowest BCUT2D eigenvalue weighted by atomic mass is 9.97. The second kappa shape index (κ2) is 11.2. The Bertz CT molecular complexity index is 3160. The number of aromatic nitrogens is 3. The molecule has 0 aliphatic heterocycles. The summed E-state index contributed by atoms with van der Waals surface area (Å²) in [5.74, 6) is 1.82. The average Bonchev–Trinajstić information content (AvgIpc) is 3.89. The van der Waals surface area contributed by atoms with E-state index in [2.05, 4.69) is 91.0 Å². The molecule has 0 unspecified atom stereocenters. The van der Waals surface area contributed by atoms with Crippen LogP contribution in [0.4, 0.5) is 0 Å². The van der Waals surface area contributed by atoms with Gasteiger partial charge >= 0.3 is 0 Å². The van der Waals surface area contributed by atoms with E-state index in [1.54, 1.807) is 0 Å². The zero-order chi connectivity index (χ0) is 33.5. The number of thiophene rings is 2. The third-order valence-corrected chi connectivity index (χ3v) is 12.1. The monoisotopic (exact) mass is 687 g/mol. The maximum Gasteiger partial charge on any atom is 0.167 e. The lowest BCUT2D eigenvalue weighted by molar-refractivity contribution is 0.669. The van der Waals surface area contributed by atoms with Crippen LogP contribution in [0, 0.1) is 0 Å². The highest BCUT2D eigenvalue weighted by molar-refractivity contribution is 7.26. The number of furan rings is 1. The van der Waals surface area contributed by atoms with Gasteiger partial charge in [0, 0.05) is 67.8 Å². The molecule has 11 aromatic rings. The number of hydrogen-bond acceptors (Lipinski definition) is 6. The molecule has 0 bridgehead atoms. The van der Waals surface area contributed by atoms with Gasteiger partial charge in [-0.2, -0.15) is 0 Å². The van der Waals surface area contributed by atoms with Gasteiger partial charge in [-0.15, -0.1) is 22.7 Å². The van der Waals surface area contributed by atoms with E-state index >= 15 is 0 Å². The van der Waals surface area contributed by atoms with Crippen molar-refractivity contribution in [2.45, 2.75) is 0 Å². The van der Waals surface area contributed by atoms with Crippen LogP contribution in [0.2, 0.25) is 0 Å². The first-order valence-electron chi connectivity index (χ1n) is 16.9. The summed E-state index contributed by atoms with van der Waals surface area (Å²) in [5.41, 5.74) is 6.83. The topological polar surface area (TPSA) is 51.8 Å². The summed E-state index contributed by atoms with van der Waals surface area (Å²) in [6, 6.07) is 53.1. The number of nitrogens with zero attached hydrogens (tertiary/aromatic N) is 3. The third kappa shape index (κ3) is 4.47. The van der Waals surface area contributed by atoms with Crippen molar-refractivity contribution in [2.75, 3.05) is 0 Å². The van der Waals surface area contributed by atoms with Gasteiger partial charge in [0.15, 0.2) is 17.5 Å². The molecule has 0 aliphatic carbocycles. The molecule has 0 amide bonds. The fourth-order valence-electron chi connectivity index (χ4n) is 7.41. The van der Waals surface area contributed by atoms with Crippen LogP contribution in [0.5, 0.6) is 0 Å². The summed E-state index contributed by atoms with van der Waals surface area (Å²) >= 11 is 3.70. The Morgan fingerprint density at radius 3 is 1.94 bits per heavy atom. The number of hydrogen-bond donors (Lipinski definition) is 0. The van der Waals surface area contributed by atoms with E-state index in [0.717, 1.165) is 38.6 Å². The summed E-state index contributed by atoms with van der Waals surface area (Å²) < 4.78 is 11.5. The summed E-state index contributed by atoms with van der Waals surface area (Å²) in [7, 11) is 0. The minimum absolute atomic E-state index is 0.580. The Kier molecular flexibility index (Phi) is 6.26. The maximum absolute atomic E-state index is 6.43. The van der Waals surface area contributed by atoms with E-state index < -0.39 is 0 Å². The molecule has 51 heavy (non-hydrogen) atoms. The summed E-state index contributed by atoms with van der Waals surface area (Å²) in [5, 5.41) is 7.18.